The van der Waals surface area contributed by atoms with E-state index in [1.165, 1.54) is 26.3 Å². The number of amides is 2. The summed E-state index contributed by atoms with van der Waals surface area (Å²) in [6.07, 6.45) is -1.63. The van der Waals surface area contributed by atoms with Crippen LogP contribution in [0.5, 0.6) is 5.75 Å². The van der Waals surface area contributed by atoms with Gasteiger partial charge in [-0.2, -0.15) is 13.2 Å². The van der Waals surface area contributed by atoms with Gasteiger partial charge in [-0.15, -0.1) is 0 Å². The number of likely N-dealkylation sites (tertiary alicyclic amines) is 1. The molecule has 2 fully saturated rings. The molecule has 0 bridgehead atoms. The number of anilines is 1. The number of methoxy groups -OCH3 is 1. The zero-order chi connectivity index (χ0) is 31.4. The number of halogens is 4. The molecule has 0 spiro atoms. The van der Waals surface area contributed by atoms with Gasteiger partial charge in [0, 0.05) is 57.9 Å². The van der Waals surface area contributed by atoms with Crippen LogP contribution in [0.3, 0.4) is 0 Å². The van der Waals surface area contributed by atoms with Crippen molar-refractivity contribution in [3.63, 3.8) is 0 Å². The number of alkyl halides is 3. The first-order valence-electron chi connectivity index (χ1n) is 14.4. The molecule has 1 aromatic carbocycles. The van der Waals surface area contributed by atoms with E-state index in [-0.39, 0.29) is 35.9 Å². The molecule has 1 unspecified atom stereocenters. The highest BCUT2D eigenvalue weighted by atomic mass is 35.5. The van der Waals surface area contributed by atoms with Crippen molar-refractivity contribution in [2.24, 2.45) is 11.8 Å². The normalized spacial score (nSPS) is 19.3. The van der Waals surface area contributed by atoms with Gasteiger partial charge in [0.15, 0.2) is 0 Å². The number of aromatic nitrogens is 1. The first kappa shape index (κ1) is 32.8. The Kier molecular flexibility index (Phi) is 10.4. The lowest BCUT2D eigenvalue weighted by molar-refractivity contribution is -0.261. The number of carbonyl (C=O) groups excluding carboxylic acids is 2. The lowest BCUT2D eigenvalue weighted by Crippen LogP contribution is -2.55. The van der Waals surface area contributed by atoms with Crippen molar-refractivity contribution in [3.05, 3.63) is 52.7 Å². The van der Waals surface area contributed by atoms with Crippen LogP contribution in [0.1, 0.15) is 48.0 Å². The largest absolute Gasteiger partial charge is 0.497 e. The molecule has 3 heterocycles. The second-order valence-electron chi connectivity index (χ2n) is 11.3. The molecule has 0 aliphatic carbocycles. The molecule has 0 saturated carbocycles. The van der Waals surface area contributed by atoms with Gasteiger partial charge in [-0.3, -0.25) is 9.59 Å². The van der Waals surface area contributed by atoms with E-state index < -0.39 is 23.2 Å². The Labute approximate surface area is 254 Å². The number of aliphatic hydroxyl groups is 2. The average molecular weight is 627 g/mol. The SMILES string of the molecule is COc1cccc(C(O)(C(=O)N(C)CCCC2CCN(c3ccc(C(=O)N4CC[C@@H](CO)C4)c(Cl)n3)CC2)C(F)(F)F)c1. The summed E-state index contributed by atoms with van der Waals surface area (Å²) < 4.78 is 47.1. The fraction of sp³-hybridized carbons (Fsp3) is 0.567. The van der Waals surface area contributed by atoms with E-state index in [1.54, 1.807) is 17.0 Å². The third kappa shape index (κ3) is 7.18. The molecule has 1 aromatic heterocycles. The van der Waals surface area contributed by atoms with Gasteiger partial charge >= 0.3 is 6.18 Å². The van der Waals surface area contributed by atoms with Crippen molar-refractivity contribution in [3.8, 4) is 5.75 Å². The summed E-state index contributed by atoms with van der Waals surface area (Å²) >= 11 is 6.40. The number of rotatable bonds is 10. The van der Waals surface area contributed by atoms with E-state index in [1.807, 2.05) is 0 Å². The van der Waals surface area contributed by atoms with Crippen molar-refractivity contribution in [1.29, 1.82) is 0 Å². The fourth-order valence-electron chi connectivity index (χ4n) is 5.80. The van der Waals surface area contributed by atoms with Gasteiger partial charge in [-0.1, -0.05) is 23.7 Å². The molecule has 13 heteroatoms. The van der Waals surface area contributed by atoms with Gasteiger partial charge < -0.3 is 29.6 Å². The second kappa shape index (κ2) is 13.7. The van der Waals surface area contributed by atoms with E-state index in [2.05, 4.69) is 9.88 Å². The van der Waals surface area contributed by atoms with Crippen molar-refractivity contribution >= 4 is 29.2 Å². The third-order valence-electron chi connectivity index (χ3n) is 8.49. The number of nitrogens with zero attached hydrogens (tertiary/aromatic N) is 4. The maximum Gasteiger partial charge on any atom is 0.430 e. The smallest absolute Gasteiger partial charge is 0.430 e. The molecule has 2 aliphatic heterocycles. The predicted molar refractivity (Wildman–Crippen MR) is 155 cm³/mol. The molecule has 2 amide bonds. The number of pyridine rings is 1. The van der Waals surface area contributed by atoms with Gasteiger partial charge in [-0.25, -0.2) is 4.98 Å². The summed E-state index contributed by atoms with van der Waals surface area (Å²) in [6.45, 7) is 2.57. The van der Waals surface area contributed by atoms with Crippen LogP contribution in [0.25, 0.3) is 0 Å². The molecule has 236 valence electrons. The van der Waals surface area contributed by atoms with Crippen LogP contribution >= 0.6 is 11.6 Å². The lowest BCUT2D eigenvalue weighted by atomic mass is 9.90. The molecule has 2 aromatic rings. The molecule has 2 saturated heterocycles. The van der Waals surface area contributed by atoms with E-state index in [0.29, 0.717) is 56.3 Å². The minimum Gasteiger partial charge on any atom is -0.497 e. The summed E-state index contributed by atoms with van der Waals surface area (Å²) in [5.41, 5.74) is -3.95. The minimum atomic E-state index is -5.23. The van der Waals surface area contributed by atoms with Crippen LogP contribution in [-0.2, 0) is 10.4 Å². The van der Waals surface area contributed by atoms with Gasteiger partial charge in [0.2, 0.25) is 0 Å². The highest BCUT2D eigenvalue weighted by molar-refractivity contribution is 6.32. The summed E-state index contributed by atoms with van der Waals surface area (Å²) in [6, 6.07) is 8.27. The van der Waals surface area contributed by atoms with E-state index >= 15 is 0 Å². The quantitative estimate of drug-likeness (QED) is 0.383. The summed E-state index contributed by atoms with van der Waals surface area (Å²) in [7, 11) is 2.55. The Morgan fingerprint density at radius 2 is 1.81 bits per heavy atom. The van der Waals surface area contributed by atoms with Crippen molar-refractivity contribution in [1.82, 2.24) is 14.8 Å². The predicted octanol–water partition coefficient (Wildman–Crippen LogP) is 4.10. The summed E-state index contributed by atoms with van der Waals surface area (Å²) in [5, 5.41) is 20.2. The van der Waals surface area contributed by atoms with Crippen molar-refractivity contribution in [2.45, 2.75) is 43.9 Å². The van der Waals surface area contributed by atoms with Gasteiger partial charge in [0.1, 0.15) is 16.7 Å². The van der Waals surface area contributed by atoms with Gasteiger partial charge in [0.05, 0.1) is 12.7 Å². The summed E-state index contributed by atoms with van der Waals surface area (Å²) in [4.78, 5) is 35.0. The van der Waals surface area contributed by atoms with Crippen LogP contribution < -0.4 is 9.64 Å². The monoisotopic (exact) mass is 626 g/mol. The Bertz CT molecular complexity index is 1290. The highest BCUT2D eigenvalue weighted by Crippen LogP contribution is 2.41. The zero-order valence-corrected chi connectivity index (χ0v) is 25.1. The highest BCUT2D eigenvalue weighted by Gasteiger charge is 2.61. The molecule has 2 N–H and O–H groups in total. The van der Waals surface area contributed by atoms with Crippen LogP contribution in [0, 0.1) is 11.8 Å². The van der Waals surface area contributed by atoms with Crippen LogP contribution in [0.4, 0.5) is 19.0 Å². The van der Waals surface area contributed by atoms with Crippen LogP contribution in [0.2, 0.25) is 5.15 Å². The first-order valence-corrected chi connectivity index (χ1v) is 14.8. The number of ether oxygens (including phenoxy) is 1. The Hall–Kier alpha value is -3.09. The maximum absolute atomic E-state index is 14.0. The number of hydrogen-bond donors (Lipinski definition) is 2. The third-order valence-corrected chi connectivity index (χ3v) is 8.78. The number of likely N-dealkylation sites (N-methyl/N-ethyl adjacent to an activating group) is 1. The topological polar surface area (TPSA) is 106 Å². The van der Waals surface area contributed by atoms with Crippen LogP contribution in [0.15, 0.2) is 36.4 Å². The fourth-order valence-corrected chi connectivity index (χ4v) is 6.03. The second-order valence-corrected chi connectivity index (χ2v) is 11.7. The molecular formula is C30H38ClF3N4O5. The number of aliphatic hydroxyl groups excluding tert-OH is 1. The van der Waals surface area contributed by atoms with Crippen molar-refractivity contribution in [2.75, 3.05) is 58.4 Å². The Morgan fingerprint density at radius 1 is 1.12 bits per heavy atom. The molecule has 9 nitrogen and oxygen atoms in total. The van der Waals surface area contributed by atoms with E-state index in [9.17, 15) is 33.0 Å². The van der Waals surface area contributed by atoms with Crippen molar-refractivity contribution < 1.29 is 37.7 Å². The van der Waals surface area contributed by atoms with E-state index in [4.69, 9.17) is 16.3 Å². The van der Waals surface area contributed by atoms with Gasteiger partial charge in [-0.05, 0) is 62.3 Å². The number of carbonyl (C=O) groups is 2. The lowest BCUT2D eigenvalue weighted by Gasteiger charge is -2.34. The number of piperidine rings is 1. The molecule has 2 atom stereocenters. The first-order chi connectivity index (χ1) is 20.4. The molecular weight excluding hydrogens is 589 g/mol. The van der Waals surface area contributed by atoms with E-state index in [0.717, 1.165) is 36.3 Å². The minimum absolute atomic E-state index is 0.0468. The standard InChI is InChI=1S/C30H38ClF3N4O5/c1-36(28(41)29(42,30(32,33)34)22-6-3-7-23(17-22)43-2)13-4-5-20-10-14-37(15-11-20)25-9-8-24(26(31)35-25)27(40)38-16-12-21(18-38)19-39/h3,6-9,17,20-21,39,42H,4-5,10-16,18-19H2,1-2H3/t21-,29?/m1/s1. The Morgan fingerprint density at radius 3 is 2.42 bits per heavy atom. The number of hydrogen-bond acceptors (Lipinski definition) is 7. The molecule has 4 rings (SSSR count). The van der Waals surface area contributed by atoms with Gasteiger partial charge in [0.25, 0.3) is 17.4 Å². The molecule has 43 heavy (non-hydrogen) atoms. The zero-order valence-electron chi connectivity index (χ0n) is 24.3. The molecule has 2 aliphatic rings. The molecule has 0 radical (unpaired) electrons. The summed E-state index contributed by atoms with van der Waals surface area (Å²) in [5.74, 6) is -0.471. The Balaban J connectivity index is 1.28. The number of benzene rings is 1. The average Bonchev–Trinajstić information content (AvgIpc) is 3.49. The van der Waals surface area contributed by atoms with Crippen LogP contribution in [-0.4, -0.2) is 96.5 Å². The maximum atomic E-state index is 14.0.